The van der Waals surface area contributed by atoms with E-state index in [1.54, 1.807) is 4.57 Å². The Morgan fingerprint density at radius 2 is 1.76 bits per heavy atom. The lowest BCUT2D eigenvalue weighted by Crippen LogP contribution is -2.29. The van der Waals surface area contributed by atoms with E-state index >= 15 is 0 Å². The Labute approximate surface area is 204 Å². The maximum absolute atomic E-state index is 12.3. The minimum Gasteiger partial charge on any atom is -0.483 e. The molecule has 1 aromatic heterocycles. The van der Waals surface area contributed by atoms with Crippen molar-refractivity contribution in [3.05, 3.63) is 71.0 Å². The van der Waals surface area contributed by atoms with Crippen LogP contribution in [0.5, 0.6) is 5.75 Å². The molecule has 0 aliphatic rings. The molecule has 0 radical (unpaired) electrons. The highest BCUT2D eigenvalue weighted by molar-refractivity contribution is 7.99. The molecular weight excluding hydrogens is 450 g/mol. The molecule has 0 saturated carbocycles. The van der Waals surface area contributed by atoms with Crippen molar-refractivity contribution < 1.29 is 14.3 Å². The lowest BCUT2D eigenvalue weighted by Gasteiger charge is -2.14. The van der Waals surface area contributed by atoms with Crippen LogP contribution in [0.1, 0.15) is 42.3 Å². The average Bonchev–Trinajstić information content (AvgIpc) is 3.18. The van der Waals surface area contributed by atoms with Crippen LogP contribution in [-0.2, 0) is 29.7 Å². The summed E-state index contributed by atoms with van der Waals surface area (Å²) in [6, 6.07) is 15.8. The van der Waals surface area contributed by atoms with Gasteiger partial charge in [0.1, 0.15) is 5.75 Å². The Morgan fingerprint density at radius 3 is 2.50 bits per heavy atom. The fourth-order valence-corrected chi connectivity index (χ4v) is 3.98. The molecule has 0 aliphatic carbocycles. The van der Waals surface area contributed by atoms with Gasteiger partial charge in [0.05, 0.1) is 12.3 Å². The molecule has 0 fully saturated rings. The van der Waals surface area contributed by atoms with Crippen molar-refractivity contribution in [3.63, 3.8) is 0 Å². The second-order valence-electron chi connectivity index (χ2n) is 8.27. The number of hydrogen-bond acceptors (Lipinski definition) is 6. The Bertz CT molecular complexity index is 1110. The molecule has 2 amide bonds. The number of amides is 2. The maximum atomic E-state index is 12.3. The molecule has 1 heterocycles. The number of nitrogens with one attached hydrogen (secondary N) is 2. The second kappa shape index (κ2) is 12.2. The summed E-state index contributed by atoms with van der Waals surface area (Å²) in [6.07, 6.45) is 0. The van der Waals surface area contributed by atoms with Crippen LogP contribution in [-0.4, -0.2) is 38.9 Å². The highest BCUT2D eigenvalue weighted by Gasteiger charge is 2.14. The van der Waals surface area contributed by atoms with E-state index in [2.05, 4.69) is 34.7 Å². The smallest absolute Gasteiger partial charge is 0.258 e. The van der Waals surface area contributed by atoms with Gasteiger partial charge in [-0.05, 0) is 35.6 Å². The zero-order valence-electron chi connectivity index (χ0n) is 20.0. The summed E-state index contributed by atoms with van der Waals surface area (Å²) >= 11 is 1.30. The predicted octanol–water partition coefficient (Wildman–Crippen LogP) is 3.35. The quantitative estimate of drug-likeness (QED) is 0.408. The number of aryl methyl sites for hydroxylation is 1. The molecule has 0 spiro atoms. The molecule has 3 rings (SSSR count). The van der Waals surface area contributed by atoms with Crippen molar-refractivity contribution in [2.45, 2.75) is 44.9 Å². The minimum atomic E-state index is -0.242. The van der Waals surface area contributed by atoms with Crippen LogP contribution in [0.4, 0.5) is 0 Å². The first-order valence-corrected chi connectivity index (χ1v) is 12.1. The van der Waals surface area contributed by atoms with E-state index in [0.29, 0.717) is 23.4 Å². The molecule has 180 valence electrons. The van der Waals surface area contributed by atoms with E-state index in [-0.39, 0.29) is 30.7 Å². The molecule has 2 aromatic carbocycles. The number of thioether (sulfide) groups is 1. The largest absolute Gasteiger partial charge is 0.483 e. The van der Waals surface area contributed by atoms with Crippen LogP contribution in [0, 0.1) is 6.92 Å². The molecule has 2 N–H and O–H groups in total. The molecule has 9 heteroatoms. The molecular formula is C25H31N5O3S. The minimum absolute atomic E-state index is 0.0791. The van der Waals surface area contributed by atoms with E-state index in [0.717, 1.165) is 22.4 Å². The predicted molar refractivity (Wildman–Crippen MR) is 133 cm³/mol. The van der Waals surface area contributed by atoms with Gasteiger partial charge in [0.2, 0.25) is 5.91 Å². The summed E-state index contributed by atoms with van der Waals surface area (Å²) in [5.74, 6) is 1.53. The van der Waals surface area contributed by atoms with Crippen molar-refractivity contribution in [1.82, 2.24) is 25.4 Å². The van der Waals surface area contributed by atoms with Gasteiger partial charge in [-0.15, -0.1) is 10.2 Å². The van der Waals surface area contributed by atoms with Crippen molar-refractivity contribution in [1.29, 1.82) is 0 Å². The highest BCUT2D eigenvalue weighted by atomic mass is 32.2. The van der Waals surface area contributed by atoms with Crippen LogP contribution in [0.25, 0.3) is 0 Å². The molecule has 8 nitrogen and oxygen atoms in total. The first-order chi connectivity index (χ1) is 16.3. The fourth-order valence-electron chi connectivity index (χ4n) is 3.22. The van der Waals surface area contributed by atoms with Crippen LogP contribution in [0.3, 0.4) is 0 Å². The third-order valence-corrected chi connectivity index (χ3v) is 6.20. The van der Waals surface area contributed by atoms with Crippen molar-refractivity contribution >= 4 is 23.6 Å². The number of aromatic nitrogens is 3. The summed E-state index contributed by atoms with van der Waals surface area (Å²) < 4.78 is 7.55. The van der Waals surface area contributed by atoms with Gasteiger partial charge in [-0.3, -0.25) is 9.59 Å². The van der Waals surface area contributed by atoms with Crippen LogP contribution in [0.15, 0.2) is 53.7 Å². The van der Waals surface area contributed by atoms with E-state index in [1.165, 1.54) is 11.8 Å². The van der Waals surface area contributed by atoms with Crippen molar-refractivity contribution in [3.8, 4) is 5.75 Å². The van der Waals surface area contributed by atoms with Gasteiger partial charge in [0.25, 0.3) is 5.91 Å². The number of benzene rings is 2. The molecule has 3 aromatic rings. The Kier molecular flexibility index (Phi) is 9.09. The van der Waals surface area contributed by atoms with Gasteiger partial charge in [0.15, 0.2) is 17.6 Å². The average molecular weight is 482 g/mol. The van der Waals surface area contributed by atoms with E-state index in [4.69, 9.17) is 4.74 Å². The standard InChI is InChI=1S/C25H31N5O3S/c1-17(2)20-11-10-18(3)12-21(20)33-15-23(31)27-14-22-28-29-25(30(22)4)34-16-24(32)26-13-19-8-6-5-7-9-19/h5-12,17H,13-16H2,1-4H3,(H,26,32)(H,27,31). The lowest BCUT2D eigenvalue weighted by atomic mass is 10.0. The highest BCUT2D eigenvalue weighted by Crippen LogP contribution is 2.27. The van der Waals surface area contributed by atoms with Gasteiger partial charge in [-0.1, -0.05) is 68.1 Å². The molecule has 0 atom stereocenters. The monoisotopic (exact) mass is 481 g/mol. The van der Waals surface area contributed by atoms with Gasteiger partial charge >= 0.3 is 0 Å². The third-order valence-electron chi connectivity index (χ3n) is 5.18. The zero-order chi connectivity index (χ0) is 24.5. The molecule has 0 bridgehead atoms. The Balaban J connectivity index is 1.44. The van der Waals surface area contributed by atoms with Crippen molar-refractivity contribution in [2.75, 3.05) is 12.4 Å². The van der Waals surface area contributed by atoms with Gasteiger partial charge in [0, 0.05) is 13.6 Å². The number of carbonyl (C=O) groups excluding carboxylic acids is 2. The number of nitrogens with zero attached hydrogens (tertiary/aromatic N) is 3. The Hall–Kier alpha value is -3.33. The zero-order valence-corrected chi connectivity index (χ0v) is 20.8. The van der Waals surface area contributed by atoms with E-state index in [1.807, 2.05) is 62.5 Å². The van der Waals surface area contributed by atoms with E-state index in [9.17, 15) is 9.59 Å². The fraction of sp³-hybridized carbons (Fsp3) is 0.360. The SMILES string of the molecule is Cc1ccc(C(C)C)c(OCC(=O)NCc2nnc(SCC(=O)NCc3ccccc3)n2C)c1. The summed E-state index contributed by atoms with van der Waals surface area (Å²) in [7, 11) is 1.81. The third kappa shape index (κ3) is 7.34. The molecule has 0 aliphatic heterocycles. The second-order valence-corrected chi connectivity index (χ2v) is 9.21. The van der Waals surface area contributed by atoms with Gasteiger partial charge in [-0.2, -0.15) is 0 Å². The summed E-state index contributed by atoms with van der Waals surface area (Å²) in [4.78, 5) is 24.5. The molecule has 0 saturated heterocycles. The van der Waals surface area contributed by atoms with Crippen molar-refractivity contribution in [2.24, 2.45) is 7.05 Å². The number of ether oxygens (including phenoxy) is 1. The van der Waals surface area contributed by atoms with Crippen LogP contribution < -0.4 is 15.4 Å². The number of rotatable bonds is 11. The Morgan fingerprint density at radius 1 is 1.03 bits per heavy atom. The number of hydrogen-bond donors (Lipinski definition) is 2. The number of carbonyl (C=O) groups is 2. The maximum Gasteiger partial charge on any atom is 0.258 e. The van der Waals surface area contributed by atoms with Crippen LogP contribution >= 0.6 is 11.8 Å². The van der Waals surface area contributed by atoms with E-state index < -0.39 is 0 Å². The molecule has 34 heavy (non-hydrogen) atoms. The van der Waals surface area contributed by atoms with Crippen LogP contribution in [0.2, 0.25) is 0 Å². The van der Waals surface area contributed by atoms with Gasteiger partial charge < -0.3 is 19.9 Å². The van der Waals surface area contributed by atoms with Gasteiger partial charge in [-0.25, -0.2) is 0 Å². The topological polar surface area (TPSA) is 98.1 Å². The first-order valence-electron chi connectivity index (χ1n) is 11.1. The summed E-state index contributed by atoms with van der Waals surface area (Å²) in [6.45, 7) is 6.80. The summed E-state index contributed by atoms with van der Waals surface area (Å²) in [5.41, 5.74) is 3.20. The molecule has 0 unspecified atom stereocenters. The first kappa shape index (κ1) is 25.3. The lowest BCUT2D eigenvalue weighted by molar-refractivity contribution is -0.123. The normalized spacial score (nSPS) is 10.9. The summed E-state index contributed by atoms with van der Waals surface area (Å²) in [5, 5.41) is 14.6.